The van der Waals surface area contributed by atoms with E-state index in [9.17, 15) is 0 Å². The Labute approximate surface area is 98.8 Å². The highest BCUT2D eigenvalue weighted by Gasteiger charge is 2.41. The van der Waals surface area contributed by atoms with Gasteiger partial charge >= 0.3 is 0 Å². The molecule has 2 aromatic rings. The van der Waals surface area contributed by atoms with Crippen molar-refractivity contribution in [3.8, 4) is 5.69 Å². The summed E-state index contributed by atoms with van der Waals surface area (Å²) in [6.07, 6.45) is 5.95. The summed E-state index contributed by atoms with van der Waals surface area (Å²) in [4.78, 5) is 0. The lowest BCUT2D eigenvalue weighted by Gasteiger charge is -2.03. The van der Waals surface area contributed by atoms with Crippen LogP contribution >= 0.6 is 11.6 Å². The first-order valence-corrected chi connectivity index (χ1v) is 5.65. The molecule has 0 amide bonds. The lowest BCUT2D eigenvalue weighted by Crippen LogP contribution is -2.17. The monoisotopic (exact) mass is 233 g/mol. The van der Waals surface area contributed by atoms with Crippen LogP contribution < -0.4 is 5.73 Å². The first-order valence-electron chi connectivity index (χ1n) is 5.27. The molecule has 1 aliphatic rings. The molecule has 1 aliphatic carbocycles. The van der Waals surface area contributed by atoms with Crippen LogP contribution in [-0.2, 0) is 5.54 Å². The average Bonchev–Trinajstić information content (AvgIpc) is 2.84. The van der Waals surface area contributed by atoms with Gasteiger partial charge in [0.2, 0.25) is 0 Å². The normalized spacial score (nSPS) is 17.4. The molecule has 0 aliphatic heterocycles. The van der Waals surface area contributed by atoms with Crippen LogP contribution in [0.2, 0.25) is 5.02 Å². The van der Waals surface area contributed by atoms with Crippen LogP contribution in [0.15, 0.2) is 36.7 Å². The molecule has 16 heavy (non-hydrogen) atoms. The van der Waals surface area contributed by atoms with Crippen molar-refractivity contribution < 1.29 is 0 Å². The maximum atomic E-state index is 6.11. The summed E-state index contributed by atoms with van der Waals surface area (Å²) < 4.78 is 1.83. The summed E-state index contributed by atoms with van der Waals surface area (Å²) in [6.45, 7) is 0. The van der Waals surface area contributed by atoms with Gasteiger partial charge in [0.1, 0.15) is 0 Å². The molecule has 4 heteroatoms. The summed E-state index contributed by atoms with van der Waals surface area (Å²) in [7, 11) is 0. The number of benzene rings is 1. The third kappa shape index (κ3) is 1.62. The third-order valence-electron chi connectivity index (χ3n) is 3.04. The Morgan fingerprint density at radius 2 is 1.94 bits per heavy atom. The standard InChI is InChI=1S/C12H12ClN3/c13-10-1-3-11(4-2-10)16-8-9(7-15-16)12(14)5-6-12/h1-4,7-8H,5-6,14H2. The zero-order chi connectivity index (χ0) is 11.2. The van der Waals surface area contributed by atoms with Crippen molar-refractivity contribution in [1.82, 2.24) is 9.78 Å². The molecule has 2 N–H and O–H groups in total. The van der Waals surface area contributed by atoms with E-state index in [2.05, 4.69) is 5.10 Å². The van der Waals surface area contributed by atoms with Crippen LogP contribution in [0.3, 0.4) is 0 Å². The molecule has 3 rings (SSSR count). The Morgan fingerprint density at radius 1 is 1.25 bits per heavy atom. The fourth-order valence-electron chi connectivity index (χ4n) is 1.74. The van der Waals surface area contributed by atoms with Gasteiger partial charge in [-0.25, -0.2) is 4.68 Å². The highest BCUT2D eigenvalue weighted by molar-refractivity contribution is 6.30. The number of hydrogen-bond donors (Lipinski definition) is 1. The largest absolute Gasteiger partial charge is 0.321 e. The minimum atomic E-state index is -0.120. The van der Waals surface area contributed by atoms with Crippen LogP contribution in [0.5, 0.6) is 0 Å². The van der Waals surface area contributed by atoms with E-state index in [0.717, 1.165) is 29.1 Å². The van der Waals surface area contributed by atoms with Crippen molar-refractivity contribution in [3.63, 3.8) is 0 Å². The molecule has 1 heterocycles. The Kier molecular flexibility index (Phi) is 2.06. The molecule has 0 saturated heterocycles. The molecular formula is C12H12ClN3. The van der Waals surface area contributed by atoms with Crippen LogP contribution in [-0.4, -0.2) is 9.78 Å². The second-order valence-electron chi connectivity index (χ2n) is 4.31. The van der Waals surface area contributed by atoms with Crippen molar-refractivity contribution in [3.05, 3.63) is 47.2 Å². The fourth-order valence-corrected chi connectivity index (χ4v) is 1.86. The number of rotatable bonds is 2. The summed E-state index contributed by atoms with van der Waals surface area (Å²) in [5.41, 5.74) is 8.10. The molecule has 82 valence electrons. The van der Waals surface area contributed by atoms with E-state index < -0.39 is 0 Å². The van der Waals surface area contributed by atoms with Gasteiger partial charge in [0, 0.05) is 22.3 Å². The lowest BCUT2D eigenvalue weighted by molar-refractivity contribution is 0.739. The van der Waals surface area contributed by atoms with Gasteiger partial charge < -0.3 is 5.73 Å². The van der Waals surface area contributed by atoms with Crippen molar-refractivity contribution in [2.45, 2.75) is 18.4 Å². The lowest BCUT2D eigenvalue weighted by atomic mass is 10.1. The van der Waals surface area contributed by atoms with Crippen LogP contribution in [0.4, 0.5) is 0 Å². The molecule has 0 bridgehead atoms. The highest BCUT2D eigenvalue weighted by Crippen LogP contribution is 2.42. The van der Waals surface area contributed by atoms with E-state index in [0.29, 0.717) is 0 Å². The van der Waals surface area contributed by atoms with Crippen molar-refractivity contribution >= 4 is 11.6 Å². The topological polar surface area (TPSA) is 43.8 Å². The Hall–Kier alpha value is -1.32. The smallest absolute Gasteiger partial charge is 0.0646 e. The predicted octanol–water partition coefficient (Wildman–Crippen LogP) is 2.47. The quantitative estimate of drug-likeness (QED) is 0.866. The van der Waals surface area contributed by atoms with E-state index >= 15 is 0 Å². The van der Waals surface area contributed by atoms with Gasteiger partial charge in [-0.05, 0) is 37.1 Å². The molecule has 0 unspecified atom stereocenters. The molecule has 0 atom stereocenters. The van der Waals surface area contributed by atoms with Crippen molar-refractivity contribution in [1.29, 1.82) is 0 Å². The van der Waals surface area contributed by atoms with Crippen LogP contribution in [0, 0.1) is 0 Å². The van der Waals surface area contributed by atoms with Gasteiger partial charge in [-0.3, -0.25) is 0 Å². The molecule has 0 spiro atoms. The zero-order valence-corrected chi connectivity index (χ0v) is 9.48. The summed E-state index contributed by atoms with van der Waals surface area (Å²) >= 11 is 5.84. The van der Waals surface area contributed by atoms with Gasteiger partial charge in [-0.1, -0.05) is 11.6 Å². The SMILES string of the molecule is NC1(c2cnn(-c3ccc(Cl)cc3)c2)CC1. The maximum absolute atomic E-state index is 6.11. The molecular weight excluding hydrogens is 222 g/mol. The van der Waals surface area contributed by atoms with Crippen molar-refractivity contribution in [2.24, 2.45) is 5.73 Å². The molecule has 1 saturated carbocycles. The van der Waals surface area contributed by atoms with E-state index in [-0.39, 0.29) is 5.54 Å². The van der Waals surface area contributed by atoms with Gasteiger partial charge in [-0.2, -0.15) is 5.10 Å². The number of aromatic nitrogens is 2. The minimum Gasteiger partial charge on any atom is -0.321 e. The Morgan fingerprint density at radius 3 is 2.56 bits per heavy atom. The van der Waals surface area contributed by atoms with Gasteiger partial charge in [0.25, 0.3) is 0 Å². The van der Waals surface area contributed by atoms with E-state index in [1.807, 2.05) is 41.3 Å². The van der Waals surface area contributed by atoms with Crippen LogP contribution in [0.1, 0.15) is 18.4 Å². The zero-order valence-electron chi connectivity index (χ0n) is 8.73. The summed E-state index contributed by atoms with van der Waals surface area (Å²) in [5.74, 6) is 0. The molecule has 3 nitrogen and oxygen atoms in total. The predicted molar refractivity (Wildman–Crippen MR) is 63.7 cm³/mol. The number of nitrogens with zero attached hydrogens (tertiary/aromatic N) is 2. The first-order chi connectivity index (χ1) is 7.67. The van der Waals surface area contributed by atoms with E-state index in [1.54, 1.807) is 0 Å². The van der Waals surface area contributed by atoms with Crippen LogP contribution in [0.25, 0.3) is 5.69 Å². The highest BCUT2D eigenvalue weighted by atomic mass is 35.5. The number of halogens is 1. The minimum absolute atomic E-state index is 0.120. The third-order valence-corrected chi connectivity index (χ3v) is 3.29. The summed E-state index contributed by atoms with van der Waals surface area (Å²) in [6, 6.07) is 7.59. The number of nitrogens with two attached hydrogens (primary N) is 1. The van der Waals surface area contributed by atoms with E-state index in [4.69, 9.17) is 17.3 Å². The van der Waals surface area contributed by atoms with Gasteiger partial charge in [0.15, 0.2) is 0 Å². The van der Waals surface area contributed by atoms with E-state index in [1.165, 1.54) is 0 Å². The Balaban J connectivity index is 1.95. The number of hydrogen-bond acceptors (Lipinski definition) is 2. The van der Waals surface area contributed by atoms with Gasteiger partial charge in [0.05, 0.1) is 11.9 Å². The average molecular weight is 234 g/mol. The second kappa shape index (κ2) is 3.34. The second-order valence-corrected chi connectivity index (χ2v) is 4.74. The fraction of sp³-hybridized carbons (Fsp3) is 0.250. The summed E-state index contributed by atoms with van der Waals surface area (Å²) in [5, 5.41) is 5.05. The Bertz CT molecular complexity index is 511. The molecule has 1 aromatic carbocycles. The van der Waals surface area contributed by atoms with Gasteiger partial charge in [-0.15, -0.1) is 0 Å². The molecule has 1 aromatic heterocycles. The molecule has 1 fully saturated rings. The maximum Gasteiger partial charge on any atom is 0.0646 e. The van der Waals surface area contributed by atoms with Crippen molar-refractivity contribution in [2.75, 3.05) is 0 Å². The molecule has 0 radical (unpaired) electrons. The first kappa shape index (κ1) is 9.87.